The van der Waals surface area contributed by atoms with Crippen LogP contribution in [0, 0.1) is 11.8 Å². The second kappa shape index (κ2) is 7.64. The lowest BCUT2D eigenvalue weighted by Gasteiger charge is -2.22. The average molecular weight is 279 g/mol. The Kier molecular flexibility index (Phi) is 6.89. The summed E-state index contributed by atoms with van der Waals surface area (Å²) in [6.07, 6.45) is 2.01. The Labute approximate surface area is 110 Å². The summed E-state index contributed by atoms with van der Waals surface area (Å²) in [7, 11) is -2.73. The smallest absolute Gasteiger partial charge is 0.150 e. The van der Waals surface area contributed by atoms with Crippen LogP contribution in [-0.4, -0.2) is 44.5 Å². The zero-order valence-corrected chi connectivity index (χ0v) is 12.6. The van der Waals surface area contributed by atoms with Crippen molar-refractivity contribution in [1.82, 2.24) is 5.32 Å². The van der Waals surface area contributed by atoms with Gasteiger partial charge in [0, 0.05) is 0 Å². The number of sulfone groups is 1. The highest BCUT2D eigenvalue weighted by Gasteiger charge is 2.32. The molecule has 1 aliphatic heterocycles. The normalized spacial score (nSPS) is 24.9. The lowest BCUT2D eigenvalue weighted by atomic mass is 9.89. The Morgan fingerprint density at radius 1 is 1.41 bits per heavy atom. The summed E-state index contributed by atoms with van der Waals surface area (Å²) in [4.78, 5) is 0. The summed E-state index contributed by atoms with van der Waals surface area (Å²) >= 11 is 1.95. The van der Waals surface area contributed by atoms with Crippen molar-refractivity contribution in [3.05, 3.63) is 0 Å². The third-order valence-corrected chi connectivity index (χ3v) is 6.15. The number of thioether (sulfide) groups is 1. The average Bonchev–Trinajstić information content (AvgIpc) is 2.64. The number of nitrogens with one attached hydrogen (secondary N) is 1. The lowest BCUT2D eigenvalue weighted by molar-refractivity contribution is 0.340. The summed E-state index contributed by atoms with van der Waals surface area (Å²) in [5.74, 6) is 4.05. The molecule has 1 rings (SSSR count). The van der Waals surface area contributed by atoms with Crippen molar-refractivity contribution in [2.24, 2.45) is 11.8 Å². The maximum absolute atomic E-state index is 11.5. The Hall–Kier alpha value is 0.260. The van der Waals surface area contributed by atoms with Crippen molar-refractivity contribution in [3.8, 4) is 0 Å². The quantitative estimate of drug-likeness (QED) is 0.688. The minimum Gasteiger partial charge on any atom is -0.317 e. The molecular formula is C12H25NO2S2. The Morgan fingerprint density at radius 3 is 2.71 bits per heavy atom. The van der Waals surface area contributed by atoms with Crippen LogP contribution in [-0.2, 0) is 9.84 Å². The van der Waals surface area contributed by atoms with E-state index in [9.17, 15) is 8.42 Å². The van der Waals surface area contributed by atoms with E-state index in [1.54, 1.807) is 0 Å². The van der Waals surface area contributed by atoms with Crippen LogP contribution in [0.4, 0.5) is 0 Å². The first-order valence-corrected chi connectivity index (χ1v) is 9.55. The van der Waals surface area contributed by atoms with Crippen LogP contribution < -0.4 is 5.32 Å². The van der Waals surface area contributed by atoms with Gasteiger partial charge >= 0.3 is 0 Å². The predicted octanol–water partition coefficient (Wildman–Crippen LogP) is 1.79. The molecular weight excluding hydrogens is 254 g/mol. The van der Waals surface area contributed by atoms with Gasteiger partial charge in [-0.1, -0.05) is 13.8 Å². The van der Waals surface area contributed by atoms with Crippen LogP contribution in [0.25, 0.3) is 0 Å². The second-order valence-corrected chi connectivity index (χ2v) is 8.34. The van der Waals surface area contributed by atoms with E-state index < -0.39 is 9.84 Å². The standard InChI is InChI=1S/C12H25NO2S2/c1-3-13-9-11(5-7-16-4-2)12-6-8-17(14,15)10-12/h11-13H,3-10H2,1-2H3. The van der Waals surface area contributed by atoms with Crippen molar-refractivity contribution in [3.63, 3.8) is 0 Å². The Bertz CT molecular complexity index is 304. The third-order valence-electron chi connectivity index (χ3n) is 3.43. The second-order valence-electron chi connectivity index (χ2n) is 4.72. The van der Waals surface area contributed by atoms with Gasteiger partial charge in [0.05, 0.1) is 11.5 Å². The molecule has 1 heterocycles. The third kappa shape index (κ3) is 5.62. The molecule has 1 saturated heterocycles. The van der Waals surface area contributed by atoms with Gasteiger partial charge in [0.25, 0.3) is 0 Å². The molecule has 0 aromatic heterocycles. The van der Waals surface area contributed by atoms with Crippen molar-refractivity contribution >= 4 is 21.6 Å². The monoisotopic (exact) mass is 279 g/mol. The molecule has 2 unspecified atom stereocenters. The topological polar surface area (TPSA) is 46.2 Å². The molecule has 1 fully saturated rings. The molecule has 3 nitrogen and oxygen atoms in total. The molecule has 5 heteroatoms. The van der Waals surface area contributed by atoms with Gasteiger partial charge in [-0.05, 0) is 49.3 Å². The fourth-order valence-corrected chi connectivity index (χ4v) is 5.09. The van der Waals surface area contributed by atoms with E-state index in [0.717, 1.165) is 37.4 Å². The van der Waals surface area contributed by atoms with Crippen LogP contribution in [0.5, 0.6) is 0 Å². The molecule has 0 aliphatic carbocycles. The van der Waals surface area contributed by atoms with Gasteiger partial charge in [0.2, 0.25) is 0 Å². The van der Waals surface area contributed by atoms with Gasteiger partial charge in [-0.2, -0.15) is 11.8 Å². The number of hydrogen-bond acceptors (Lipinski definition) is 4. The van der Waals surface area contributed by atoms with E-state index >= 15 is 0 Å². The van der Waals surface area contributed by atoms with E-state index in [1.807, 2.05) is 11.8 Å². The van der Waals surface area contributed by atoms with Gasteiger partial charge in [0.1, 0.15) is 0 Å². The fourth-order valence-electron chi connectivity index (χ4n) is 2.41. The predicted molar refractivity (Wildman–Crippen MR) is 76.4 cm³/mol. The van der Waals surface area contributed by atoms with Crippen molar-refractivity contribution in [2.45, 2.75) is 26.7 Å². The van der Waals surface area contributed by atoms with E-state index in [2.05, 4.69) is 19.2 Å². The van der Waals surface area contributed by atoms with E-state index in [4.69, 9.17) is 0 Å². The summed E-state index contributed by atoms with van der Waals surface area (Å²) in [5.41, 5.74) is 0. The van der Waals surface area contributed by atoms with Gasteiger partial charge in [0.15, 0.2) is 9.84 Å². The summed E-state index contributed by atoms with van der Waals surface area (Å²) in [6.45, 7) is 6.21. The highest BCUT2D eigenvalue weighted by molar-refractivity contribution is 7.99. The van der Waals surface area contributed by atoms with Gasteiger partial charge in [-0.15, -0.1) is 0 Å². The summed E-state index contributed by atoms with van der Waals surface area (Å²) < 4.78 is 23.0. The summed E-state index contributed by atoms with van der Waals surface area (Å²) in [5, 5.41) is 3.38. The molecule has 0 aromatic carbocycles. The number of rotatable bonds is 8. The highest BCUT2D eigenvalue weighted by Crippen LogP contribution is 2.28. The van der Waals surface area contributed by atoms with Crippen LogP contribution in [0.2, 0.25) is 0 Å². The minimum absolute atomic E-state index is 0.386. The van der Waals surface area contributed by atoms with E-state index in [-0.39, 0.29) is 0 Å². The molecule has 2 atom stereocenters. The largest absolute Gasteiger partial charge is 0.317 e. The first kappa shape index (κ1) is 15.3. The number of hydrogen-bond donors (Lipinski definition) is 1. The zero-order chi connectivity index (χ0) is 12.7. The SMILES string of the molecule is CCNCC(CCSCC)C1CCS(=O)(=O)C1. The van der Waals surface area contributed by atoms with E-state index in [1.165, 1.54) is 0 Å². The Morgan fingerprint density at radius 2 is 2.18 bits per heavy atom. The first-order chi connectivity index (χ1) is 8.09. The minimum atomic E-state index is -2.73. The van der Waals surface area contributed by atoms with Crippen LogP contribution in [0.15, 0.2) is 0 Å². The maximum Gasteiger partial charge on any atom is 0.150 e. The van der Waals surface area contributed by atoms with Crippen LogP contribution in [0.3, 0.4) is 0 Å². The van der Waals surface area contributed by atoms with E-state index in [0.29, 0.717) is 23.3 Å². The first-order valence-electron chi connectivity index (χ1n) is 6.58. The van der Waals surface area contributed by atoms with Crippen molar-refractivity contribution < 1.29 is 8.42 Å². The van der Waals surface area contributed by atoms with Gasteiger partial charge in [-0.3, -0.25) is 0 Å². The van der Waals surface area contributed by atoms with Crippen molar-refractivity contribution in [2.75, 3.05) is 36.1 Å². The molecule has 0 amide bonds. The molecule has 17 heavy (non-hydrogen) atoms. The molecule has 1 N–H and O–H groups in total. The molecule has 0 radical (unpaired) electrons. The van der Waals surface area contributed by atoms with Crippen LogP contribution in [0.1, 0.15) is 26.7 Å². The van der Waals surface area contributed by atoms with Crippen LogP contribution >= 0.6 is 11.8 Å². The molecule has 0 bridgehead atoms. The van der Waals surface area contributed by atoms with Gasteiger partial charge in [-0.25, -0.2) is 8.42 Å². The lowest BCUT2D eigenvalue weighted by Crippen LogP contribution is -2.29. The van der Waals surface area contributed by atoms with Gasteiger partial charge < -0.3 is 5.32 Å². The zero-order valence-electron chi connectivity index (χ0n) is 10.9. The molecule has 0 spiro atoms. The highest BCUT2D eigenvalue weighted by atomic mass is 32.2. The Balaban J connectivity index is 2.44. The molecule has 0 aromatic rings. The fraction of sp³-hybridized carbons (Fsp3) is 1.00. The summed E-state index contributed by atoms with van der Waals surface area (Å²) in [6, 6.07) is 0. The maximum atomic E-state index is 11.5. The molecule has 0 saturated carbocycles. The van der Waals surface area contributed by atoms with Crippen molar-refractivity contribution in [1.29, 1.82) is 0 Å². The molecule has 102 valence electrons. The molecule has 1 aliphatic rings.